The van der Waals surface area contributed by atoms with Crippen molar-refractivity contribution in [1.29, 1.82) is 0 Å². The van der Waals surface area contributed by atoms with Gasteiger partial charge in [-0.3, -0.25) is 4.68 Å². The number of pyridine rings is 1. The zero-order chi connectivity index (χ0) is 21.4. The van der Waals surface area contributed by atoms with Crippen molar-refractivity contribution in [3.05, 3.63) is 36.5 Å². The molecule has 5 rings (SSSR count). The second-order valence-corrected chi connectivity index (χ2v) is 7.57. The van der Waals surface area contributed by atoms with Crippen LogP contribution in [0.2, 0.25) is 0 Å². The summed E-state index contributed by atoms with van der Waals surface area (Å²) in [6, 6.07) is 3.32. The second kappa shape index (κ2) is 8.06. The lowest BCUT2D eigenvalue weighted by molar-refractivity contribution is 0.140. The Hall–Kier alpha value is -3.34. The Balaban J connectivity index is 1.43. The molecule has 0 aromatic carbocycles. The molecule has 3 N–H and O–H groups in total. The fourth-order valence-corrected chi connectivity index (χ4v) is 3.37. The van der Waals surface area contributed by atoms with E-state index in [-0.39, 0.29) is 23.8 Å². The van der Waals surface area contributed by atoms with Gasteiger partial charge in [0.15, 0.2) is 5.82 Å². The van der Waals surface area contributed by atoms with E-state index >= 15 is 0 Å². The van der Waals surface area contributed by atoms with Gasteiger partial charge in [-0.2, -0.15) is 5.10 Å². The highest BCUT2D eigenvalue weighted by Crippen LogP contribution is 2.37. The third kappa shape index (κ3) is 4.41. The standard InChI is InChI=1S/C20H21F2N7O2/c21-19(22)20-26-16(23)6-18(28-20)27-17-5-15(31-13-1-2-13)14(8-24-17)11-7-25-29(9-11)12-3-4-30-10-12/h5-9,12-13,19H,1-4,10H2,(H3,23,24,26,27,28)/t12-/m0/s1. The number of alkyl halides is 2. The topological polar surface area (TPSA) is 113 Å². The number of nitrogens with two attached hydrogens (primary N) is 1. The van der Waals surface area contributed by atoms with Gasteiger partial charge in [0, 0.05) is 42.3 Å². The van der Waals surface area contributed by atoms with E-state index in [0.29, 0.717) is 18.2 Å². The summed E-state index contributed by atoms with van der Waals surface area (Å²) >= 11 is 0. The summed E-state index contributed by atoms with van der Waals surface area (Å²) in [7, 11) is 0. The number of nitrogen functional groups attached to an aromatic ring is 1. The smallest absolute Gasteiger partial charge is 0.297 e. The molecule has 3 aromatic heterocycles. The van der Waals surface area contributed by atoms with Crippen molar-refractivity contribution in [3.8, 4) is 16.9 Å². The average Bonchev–Trinajstić information content (AvgIpc) is 3.18. The van der Waals surface area contributed by atoms with Gasteiger partial charge in [-0.05, 0) is 19.3 Å². The summed E-state index contributed by atoms with van der Waals surface area (Å²) in [5.74, 6) is 0.473. The van der Waals surface area contributed by atoms with Crippen molar-refractivity contribution < 1.29 is 18.3 Å². The number of nitrogens with zero attached hydrogens (tertiary/aromatic N) is 5. The van der Waals surface area contributed by atoms with Gasteiger partial charge in [-0.1, -0.05) is 0 Å². The largest absolute Gasteiger partial charge is 0.490 e. The van der Waals surface area contributed by atoms with Crippen molar-refractivity contribution in [2.45, 2.75) is 37.8 Å². The molecule has 2 fully saturated rings. The predicted molar refractivity (Wildman–Crippen MR) is 108 cm³/mol. The Morgan fingerprint density at radius 3 is 2.77 bits per heavy atom. The Morgan fingerprint density at radius 1 is 1.16 bits per heavy atom. The van der Waals surface area contributed by atoms with Crippen LogP contribution in [0.25, 0.3) is 11.1 Å². The number of halogens is 2. The molecule has 0 unspecified atom stereocenters. The fourth-order valence-electron chi connectivity index (χ4n) is 3.37. The molecule has 1 atom stereocenters. The van der Waals surface area contributed by atoms with Crippen LogP contribution in [0.1, 0.15) is 37.6 Å². The maximum atomic E-state index is 13.0. The van der Waals surface area contributed by atoms with Crippen molar-refractivity contribution in [3.63, 3.8) is 0 Å². The van der Waals surface area contributed by atoms with E-state index in [1.807, 2.05) is 10.9 Å². The van der Waals surface area contributed by atoms with Crippen LogP contribution in [-0.2, 0) is 4.74 Å². The molecule has 0 amide bonds. The lowest BCUT2D eigenvalue weighted by Crippen LogP contribution is -2.08. The van der Waals surface area contributed by atoms with E-state index < -0.39 is 12.2 Å². The van der Waals surface area contributed by atoms with Gasteiger partial charge in [-0.15, -0.1) is 0 Å². The van der Waals surface area contributed by atoms with Crippen LogP contribution in [0.15, 0.2) is 30.7 Å². The van der Waals surface area contributed by atoms with Crippen LogP contribution in [0, 0.1) is 0 Å². The molecule has 4 heterocycles. The van der Waals surface area contributed by atoms with Gasteiger partial charge < -0.3 is 20.5 Å². The van der Waals surface area contributed by atoms with Crippen molar-refractivity contribution >= 4 is 17.5 Å². The highest BCUT2D eigenvalue weighted by atomic mass is 19.3. The number of hydrogen-bond acceptors (Lipinski definition) is 8. The minimum absolute atomic E-state index is 0.0535. The summed E-state index contributed by atoms with van der Waals surface area (Å²) in [4.78, 5) is 11.8. The third-order valence-corrected chi connectivity index (χ3v) is 5.09. The molecule has 3 aromatic rings. The first-order valence-electron chi connectivity index (χ1n) is 10.0. The van der Waals surface area contributed by atoms with Gasteiger partial charge in [0.25, 0.3) is 6.43 Å². The number of rotatable bonds is 7. The fraction of sp³-hybridized carbons (Fsp3) is 0.400. The molecule has 9 nitrogen and oxygen atoms in total. The average molecular weight is 429 g/mol. The first-order chi connectivity index (χ1) is 15.0. The molecule has 0 bridgehead atoms. The first kappa shape index (κ1) is 19.6. The van der Waals surface area contributed by atoms with Gasteiger partial charge in [-0.25, -0.2) is 23.7 Å². The highest BCUT2D eigenvalue weighted by molar-refractivity contribution is 5.71. The van der Waals surface area contributed by atoms with Gasteiger partial charge in [0.2, 0.25) is 0 Å². The zero-order valence-corrected chi connectivity index (χ0v) is 16.5. The van der Waals surface area contributed by atoms with E-state index in [4.69, 9.17) is 15.2 Å². The van der Waals surface area contributed by atoms with Gasteiger partial charge in [0.1, 0.15) is 23.2 Å². The van der Waals surface area contributed by atoms with E-state index in [0.717, 1.165) is 37.0 Å². The van der Waals surface area contributed by atoms with E-state index in [1.54, 1.807) is 18.5 Å². The van der Waals surface area contributed by atoms with E-state index in [1.165, 1.54) is 6.07 Å². The number of ether oxygens (including phenoxy) is 2. The number of aromatic nitrogens is 5. The Morgan fingerprint density at radius 2 is 2.03 bits per heavy atom. The molecular weight excluding hydrogens is 408 g/mol. The molecular formula is C20H21F2N7O2. The number of anilines is 3. The van der Waals surface area contributed by atoms with E-state index in [2.05, 4.69) is 25.4 Å². The molecule has 1 aliphatic carbocycles. The Labute approximate surface area is 176 Å². The highest BCUT2D eigenvalue weighted by Gasteiger charge is 2.26. The minimum atomic E-state index is -2.82. The summed E-state index contributed by atoms with van der Waals surface area (Å²) in [5.41, 5.74) is 7.31. The molecule has 11 heteroatoms. The van der Waals surface area contributed by atoms with E-state index in [9.17, 15) is 8.78 Å². The third-order valence-electron chi connectivity index (χ3n) is 5.09. The van der Waals surface area contributed by atoms with Gasteiger partial charge in [0.05, 0.1) is 24.9 Å². The molecule has 162 valence electrons. The summed E-state index contributed by atoms with van der Waals surface area (Å²) in [6.07, 6.45) is 5.65. The second-order valence-electron chi connectivity index (χ2n) is 7.57. The van der Waals surface area contributed by atoms with Crippen LogP contribution in [0.4, 0.5) is 26.2 Å². The molecule has 1 saturated heterocycles. The minimum Gasteiger partial charge on any atom is -0.490 e. The number of nitrogens with one attached hydrogen (secondary N) is 1. The predicted octanol–water partition coefficient (Wildman–Crippen LogP) is 3.50. The molecule has 0 spiro atoms. The maximum absolute atomic E-state index is 13.0. The normalized spacial score (nSPS) is 18.5. The Kier molecular flexibility index (Phi) is 5.10. The van der Waals surface area contributed by atoms with Crippen molar-refractivity contribution in [2.75, 3.05) is 24.3 Å². The molecule has 1 saturated carbocycles. The van der Waals surface area contributed by atoms with Crippen LogP contribution in [0.3, 0.4) is 0 Å². The first-order valence-corrected chi connectivity index (χ1v) is 10.0. The molecule has 0 radical (unpaired) electrons. The van der Waals surface area contributed by atoms with Crippen LogP contribution < -0.4 is 15.8 Å². The molecule has 31 heavy (non-hydrogen) atoms. The van der Waals surface area contributed by atoms with Crippen molar-refractivity contribution in [2.24, 2.45) is 0 Å². The number of hydrogen-bond donors (Lipinski definition) is 2. The lowest BCUT2D eigenvalue weighted by Gasteiger charge is -2.13. The van der Waals surface area contributed by atoms with Crippen LogP contribution in [-0.4, -0.2) is 44.1 Å². The quantitative estimate of drug-likeness (QED) is 0.587. The maximum Gasteiger partial charge on any atom is 0.297 e. The summed E-state index contributed by atoms with van der Waals surface area (Å²) in [6.45, 7) is 1.38. The van der Waals surface area contributed by atoms with Crippen LogP contribution in [0.5, 0.6) is 5.75 Å². The summed E-state index contributed by atoms with van der Waals surface area (Å²) < 4.78 is 39.4. The summed E-state index contributed by atoms with van der Waals surface area (Å²) in [5, 5.41) is 7.38. The molecule has 1 aliphatic heterocycles. The zero-order valence-electron chi connectivity index (χ0n) is 16.5. The molecule has 2 aliphatic rings. The van der Waals surface area contributed by atoms with Gasteiger partial charge >= 0.3 is 0 Å². The Bertz CT molecular complexity index is 1080. The lowest BCUT2D eigenvalue weighted by atomic mass is 10.1. The van der Waals surface area contributed by atoms with Crippen LogP contribution >= 0.6 is 0 Å². The van der Waals surface area contributed by atoms with Crippen molar-refractivity contribution in [1.82, 2.24) is 24.7 Å². The SMILES string of the molecule is Nc1cc(Nc2cc(OC3CC3)c(-c3cnn([C@H]4CCOC4)c3)cn2)nc(C(F)F)n1. The monoisotopic (exact) mass is 429 g/mol.